The number of fused-ring (bicyclic) bond motifs is 2. The van der Waals surface area contributed by atoms with Gasteiger partial charge in [-0.3, -0.25) is 4.79 Å². The quantitative estimate of drug-likeness (QED) is 0.602. The highest BCUT2D eigenvalue weighted by atomic mass is 32.1. The van der Waals surface area contributed by atoms with Crippen molar-refractivity contribution in [2.24, 2.45) is 0 Å². The Morgan fingerprint density at radius 2 is 2.14 bits per heavy atom. The van der Waals surface area contributed by atoms with E-state index in [9.17, 15) is 4.79 Å². The van der Waals surface area contributed by atoms with E-state index in [-0.39, 0.29) is 5.56 Å². The smallest absolute Gasteiger partial charge is 0.258 e. The molecule has 3 rings (SSSR count). The molecular weight excluding hydrogens is 198 g/mol. The Hall–Kier alpha value is -1.75. The second-order valence-electron chi connectivity index (χ2n) is 2.92. The summed E-state index contributed by atoms with van der Waals surface area (Å²) in [6.07, 6.45) is 1.41. The molecule has 0 atom stereocenters. The van der Waals surface area contributed by atoms with Crippen molar-refractivity contribution in [1.82, 2.24) is 15.0 Å². The van der Waals surface area contributed by atoms with Crippen LogP contribution in [0.15, 0.2) is 28.8 Å². The zero-order valence-electron chi connectivity index (χ0n) is 7.02. The molecular formula is C9H5N3OS. The second-order valence-corrected chi connectivity index (χ2v) is 3.81. The van der Waals surface area contributed by atoms with Crippen LogP contribution < -0.4 is 5.56 Å². The lowest BCUT2D eigenvalue weighted by molar-refractivity contribution is 1.17. The fourth-order valence-electron chi connectivity index (χ4n) is 1.42. The van der Waals surface area contributed by atoms with E-state index in [1.807, 2.05) is 12.1 Å². The molecule has 2 heterocycles. The van der Waals surface area contributed by atoms with Gasteiger partial charge in [-0.1, -0.05) is 0 Å². The minimum absolute atomic E-state index is 0.106. The molecule has 5 heteroatoms. The van der Waals surface area contributed by atoms with Gasteiger partial charge in [-0.2, -0.15) is 0 Å². The van der Waals surface area contributed by atoms with Gasteiger partial charge in [0, 0.05) is 0 Å². The molecule has 1 N–H and O–H groups in total. The van der Waals surface area contributed by atoms with Gasteiger partial charge in [0.25, 0.3) is 5.56 Å². The summed E-state index contributed by atoms with van der Waals surface area (Å²) in [5.41, 5.74) is 3.23. The molecule has 1 aromatic carbocycles. The number of nitrogens with zero attached hydrogens (tertiary/aromatic N) is 2. The van der Waals surface area contributed by atoms with Crippen molar-refractivity contribution in [2.75, 3.05) is 0 Å². The van der Waals surface area contributed by atoms with Gasteiger partial charge in [0.15, 0.2) is 0 Å². The highest BCUT2D eigenvalue weighted by molar-refractivity contribution is 7.16. The zero-order chi connectivity index (χ0) is 9.54. The first-order valence-corrected chi connectivity index (χ1v) is 4.93. The number of thiazole rings is 1. The highest BCUT2D eigenvalue weighted by Gasteiger charge is 2.03. The third kappa shape index (κ3) is 0.958. The number of rotatable bonds is 0. The topological polar surface area (TPSA) is 58.6 Å². The summed E-state index contributed by atoms with van der Waals surface area (Å²) in [6, 6.07) is 3.66. The molecule has 2 aromatic heterocycles. The molecule has 4 nitrogen and oxygen atoms in total. The number of aromatic nitrogens is 3. The van der Waals surface area contributed by atoms with Crippen molar-refractivity contribution in [3.05, 3.63) is 34.3 Å². The van der Waals surface area contributed by atoms with Crippen molar-refractivity contribution in [2.45, 2.75) is 0 Å². The first kappa shape index (κ1) is 7.64. The van der Waals surface area contributed by atoms with E-state index in [1.165, 1.54) is 17.7 Å². The molecule has 0 radical (unpaired) electrons. The van der Waals surface area contributed by atoms with E-state index < -0.39 is 0 Å². The molecule has 14 heavy (non-hydrogen) atoms. The summed E-state index contributed by atoms with van der Waals surface area (Å²) in [4.78, 5) is 22.2. The number of nitrogens with one attached hydrogen (secondary N) is 1. The molecule has 0 saturated carbocycles. The van der Waals surface area contributed by atoms with E-state index in [2.05, 4.69) is 15.0 Å². The molecule has 0 aliphatic rings. The van der Waals surface area contributed by atoms with Crippen LogP contribution in [0.25, 0.3) is 21.1 Å². The maximum Gasteiger partial charge on any atom is 0.258 e. The van der Waals surface area contributed by atoms with Gasteiger partial charge < -0.3 is 4.98 Å². The van der Waals surface area contributed by atoms with Gasteiger partial charge in [0.1, 0.15) is 0 Å². The maximum absolute atomic E-state index is 11.4. The molecule has 0 aliphatic carbocycles. The summed E-state index contributed by atoms with van der Waals surface area (Å²) in [5, 5.41) is 0.615. The lowest BCUT2D eigenvalue weighted by Crippen LogP contribution is -2.05. The lowest BCUT2D eigenvalue weighted by atomic mass is 10.2. The van der Waals surface area contributed by atoms with Gasteiger partial charge >= 0.3 is 0 Å². The van der Waals surface area contributed by atoms with Crippen LogP contribution in [0.2, 0.25) is 0 Å². The van der Waals surface area contributed by atoms with Crippen molar-refractivity contribution in [1.29, 1.82) is 0 Å². The molecule has 0 unspecified atom stereocenters. The van der Waals surface area contributed by atoms with E-state index in [0.717, 1.165) is 10.2 Å². The number of H-pyrrole nitrogens is 1. The Balaban J connectivity index is 2.63. The van der Waals surface area contributed by atoms with Gasteiger partial charge in [0.2, 0.25) is 0 Å². The van der Waals surface area contributed by atoms with Crippen LogP contribution in [0, 0.1) is 0 Å². The van der Waals surface area contributed by atoms with E-state index in [0.29, 0.717) is 10.9 Å². The molecule has 0 saturated heterocycles. The predicted molar refractivity (Wildman–Crippen MR) is 55.5 cm³/mol. The highest BCUT2D eigenvalue weighted by Crippen LogP contribution is 2.21. The van der Waals surface area contributed by atoms with Crippen LogP contribution in [-0.4, -0.2) is 15.0 Å². The number of hydrogen-bond donors (Lipinski definition) is 1. The Labute approximate surface area is 82.3 Å². The Morgan fingerprint density at radius 3 is 3.07 bits per heavy atom. The van der Waals surface area contributed by atoms with Crippen LogP contribution in [0.4, 0.5) is 0 Å². The SMILES string of the molecule is O=c1[nH]cnc2cc3ncsc3cc12. The van der Waals surface area contributed by atoms with Gasteiger partial charge in [-0.05, 0) is 12.1 Å². The molecule has 0 spiro atoms. The normalized spacial score (nSPS) is 11.1. The van der Waals surface area contributed by atoms with Crippen molar-refractivity contribution >= 4 is 32.5 Å². The minimum Gasteiger partial charge on any atom is -0.313 e. The Kier molecular flexibility index (Phi) is 1.43. The second kappa shape index (κ2) is 2.62. The minimum atomic E-state index is -0.106. The Bertz CT molecular complexity index is 670. The molecule has 68 valence electrons. The largest absolute Gasteiger partial charge is 0.313 e. The summed E-state index contributed by atoms with van der Waals surface area (Å²) in [5.74, 6) is 0. The van der Waals surface area contributed by atoms with E-state index in [1.54, 1.807) is 5.51 Å². The van der Waals surface area contributed by atoms with Gasteiger partial charge in [-0.25, -0.2) is 9.97 Å². The van der Waals surface area contributed by atoms with Crippen molar-refractivity contribution < 1.29 is 0 Å². The summed E-state index contributed by atoms with van der Waals surface area (Å²) < 4.78 is 1.01. The molecule has 0 amide bonds. The van der Waals surface area contributed by atoms with Crippen LogP contribution in [0.3, 0.4) is 0 Å². The summed E-state index contributed by atoms with van der Waals surface area (Å²) in [7, 11) is 0. The lowest BCUT2D eigenvalue weighted by Gasteiger charge is -1.94. The third-order valence-corrected chi connectivity index (χ3v) is 2.88. The molecule has 0 aliphatic heterocycles. The zero-order valence-corrected chi connectivity index (χ0v) is 7.84. The molecule has 0 fully saturated rings. The third-order valence-electron chi connectivity index (χ3n) is 2.09. The fraction of sp³-hybridized carbons (Fsp3) is 0. The predicted octanol–water partition coefficient (Wildman–Crippen LogP) is 1.53. The first-order chi connectivity index (χ1) is 6.84. The van der Waals surface area contributed by atoms with Gasteiger partial charge in [-0.15, -0.1) is 11.3 Å². The number of aromatic amines is 1. The average molecular weight is 203 g/mol. The van der Waals surface area contributed by atoms with Gasteiger partial charge in [0.05, 0.1) is 33.0 Å². The summed E-state index contributed by atoms with van der Waals surface area (Å²) in [6.45, 7) is 0. The standard InChI is InChI=1S/C9H5N3OS/c13-9-5-1-8-7(12-4-14-8)2-6(5)10-3-11-9/h1-4H,(H,10,11,13). The molecule has 3 aromatic rings. The monoisotopic (exact) mass is 203 g/mol. The average Bonchev–Trinajstić information content (AvgIpc) is 2.62. The van der Waals surface area contributed by atoms with Crippen LogP contribution in [-0.2, 0) is 0 Å². The maximum atomic E-state index is 11.4. The van der Waals surface area contributed by atoms with Crippen LogP contribution in [0.1, 0.15) is 0 Å². The summed E-state index contributed by atoms with van der Waals surface area (Å²) >= 11 is 1.52. The number of hydrogen-bond acceptors (Lipinski definition) is 4. The van der Waals surface area contributed by atoms with Crippen LogP contribution in [0.5, 0.6) is 0 Å². The molecule has 0 bridgehead atoms. The van der Waals surface area contributed by atoms with Crippen LogP contribution >= 0.6 is 11.3 Å². The number of benzene rings is 1. The van der Waals surface area contributed by atoms with E-state index >= 15 is 0 Å². The fourth-order valence-corrected chi connectivity index (χ4v) is 2.12. The van der Waals surface area contributed by atoms with Crippen molar-refractivity contribution in [3.63, 3.8) is 0 Å². The van der Waals surface area contributed by atoms with Crippen molar-refractivity contribution in [3.8, 4) is 0 Å². The Morgan fingerprint density at radius 1 is 1.21 bits per heavy atom. The van der Waals surface area contributed by atoms with E-state index in [4.69, 9.17) is 0 Å². The first-order valence-electron chi connectivity index (χ1n) is 4.05.